The van der Waals surface area contributed by atoms with Crippen LogP contribution in [-0.4, -0.2) is 80.4 Å². The van der Waals surface area contributed by atoms with E-state index in [-0.39, 0.29) is 18.1 Å². The molecule has 2 aromatic rings. The Bertz CT molecular complexity index is 1110. The number of amides is 1. The number of rotatable bonds is 7. The molecule has 0 bridgehead atoms. The SMILES string of the molecule is CCCCN1C(=O)C(=Cc2c(N3CCN(CCO)CC3)nc3ccccn3c2=O)SC1=S. The molecule has 0 saturated carbocycles. The fourth-order valence-corrected chi connectivity index (χ4v) is 5.21. The van der Waals surface area contributed by atoms with Crippen LogP contribution in [0.25, 0.3) is 11.7 Å². The van der Waals surface area contributed by atoms with E-state index in [1.54, 1.807) is 29.3 Å². The quantitative estimate of drug-likeness (QED) is 0.482. The van der Waals surface area contributed by atoms with E-state index in [0.29, 0.717) is 52.4 Å². The van der Waals surface area contributed by atoms with Gasteiger partial charge in [0.15, 0.2) is 0 Å². The maximum absolute atomic E-state index is 13.4. The molecule has 4 rings (SSSR count). The van der Waals surface area contributed by atoms with Crippen molar-refractivity contribution < 1.29 is 9.90 Å². The Labute approximate surface area is 196 Å². The number of piperazine rings is 1. The number of anilines is 1. The minimum absolute atomic E-state index is 0.126. The molecule has 2 aromatic heterocycles. The zero-order valence-electron chi connectivity index (χ0n) is 18.1. The second kappa shape index (κ2) is 10.1. The van der Waals surface area contributed by atoms with Crippen molar-refractivity contribution in [1.82, 2.24) is 19.2 Å². The normalized spacial score (nSPS) is 19.0. The van der Waals surface area contributed by atoms with E-state index in [4.69, 9.17) is 17.2 Å². The molecule has 32 heavy (non-hydrogen) atoms. The Balaban J connectivity index is 1.73. The number of aromatic nitrogens is 2. The summed E-state index contributed by atoms with van der Waals surface area (Å²) >= 11 is 6.66. The smallest absolute Gasteiger partial charge is 0.267 e. The number of thiocarbonyl (C=S) groups is 1. The van der Waals surface area contributed by atoms with Crippen molar-refractivity contribution in [3.8, 4) is 0 Å². The first-order valence-electron chi connectivity index (χ1n) is 10.9. The van der Waals surface area contributed by atoms with Gasteiger partial charge in [-0.25, -0.2) is 4.98 Å². The summed E-state index contributed by atoms with van der Waals surface area (Å²) in [5, 5.41) is 9.21. The predicted octanol–water partition coefficient (Wildman–Crippen LogP) is 1.81. The molecule has 0 aliphatic carbocycles. The van der Waals surface area contributed by atoms with E-state index in [2.05, 4.69) is 16.7 Å². The highest BCUT2D eigenvalue weighted by molar-refractivity contribution is 8.26. The molecule has 10 heteroatoms. The Morgan fingerprint density at radius 2 is 1.97 bits per heavy atom. The first-order chi connectivity index (χ1) is 15.5. The number of aliphatic hydroxyl groups excluding tert-OH is 1. The maximum atomic E-state index is 13.4. The maximum Gasteiger partial charge on any atom is 0.267 e. The number of fused-ring (bicyclic) bond motifs is 1. The first-order valence-corrected chi connectivity index (χ1v) is 12.1. The van der Waals surface area contributed by atoms with Crippen LogP contribution in [0.5, 0.6) is 0 Å². The fraction of sp³-hybridized carbons (Fsp3) is 0.455. The highest BCUT2D eigenvalue weighted by Crippen LogP contribution is 2.33. The van der Waals surface area contributed by atoms with Crippen LogP contribution < -0.4 is 10.5 Å². The van der Waals surface area contributed by atoms with Crippen LogP contribution in [0.4, 0.5) is 5.82 Å². The number of nitrogens with zero attached hydrogens (tertiary/aromatic N) is 5. The van der Waals surface area contributed by atoms with Gasteiger partial charge in [-0.2, -0.15) is 0 Å². The van der Waals surface area contributed by atoms with Crippen molar-refractivity contribution in [2.24, 2.45) is 0 Å². The molecule has 2 fully saturated rings. The monoisotopic (exact) mass is 473 g/mol. The molecule has 170 valence electrons. The summed E-state index contributed by atoms with van der Waals surface area (Å²) < 4.78 is 2.04. The minimum Gasteiger partial charge on any atom is -0.395 e. The molecule has 2 saturated heterocycles. The minimum atomic E-state index is -0.206. The van der Waals surface area contributed by atoms with Crippen LogP contribution in [0.1, 0.15) is 25.3 Å². The van der Waals surface area contributed by atoms with Crippen molar-refractivity contribution in [1.29, 1.82) is 0 Å². The van der Waals surface area contributed by atoms with Gasteiger partial charge in [0.2, 0.25) is 0 Å². The van der Waals surface area contributed by atoms with Crippen LogP contribution in [0, 0.1) is 0 Å². The number of carbonyl (C=O) groups is 1. The summed E-state index contributed by atoms with van der Waals surface area (Å²) in [5.41, 5.74) is 0.764. The van der Waals surface area contributed by atoms with E-state index in [0.717, 1.165) is 25.9 Å². The van der Waals surface area contributed by atoms with Gasteiger partial charge in [-0.15, -0.1) is 0 Å². The van der Waals surface area contributed by atoms with E-state index in [1.807, 2.05) is 6.07 Å². The molecule has 0 aromatic carbocycles. The number of thioether (sulfide) groups is 1. The Kier molecular flexibility index (Phi) is 7.24. The molecule has 0 spiro atoms. The molecular formula is C22H27N5O3S2. The third-order valence-electron chi connectivity index (χ3n) is 5.72. The average Bonchev–Trinajstić information content (AvgIpc) is 3.07. The van der Waals surface area contributed by atoms with Crippen molar-refractivity contribution in [2.45, 2.75) is 19.8 Å². The Morgan fingerprint density at radius 1 is 1.19 bits per heavy atom. The lowest BCUT2D eigenvalue weighted by Gasteiger charge is -2.35. The van der Waals surface area contributed by atoms with E-state index in [1.165, 1.54) is 16.2 Å². The lowest BCUT2D eigenvalue weighted by molar-refractivity contribution is -0.122. The third kappa shape index (κ3) is 4.59. The molecule has 2 aliphatic heterocycles. The van der Waals surface area contributed by atoms with Gasteiger partial charge in [0.05, 0.1) is 17.1 Å². The van der Waals surface area contributed by atoms with Crippen molar-refractivity contribution in [3.05, 3.63) is 45.2 Å². The summed E-state index contributed by atoms with van der Waals surface area (Å²) in [5.74, 6) is 0.438. The summed E-state index contributed by atoms with van der Waals surface area (Å²) in [6, 6.07) is 5.45. The van der Waals surface area contributed by atoms with Crippen LogP contribution in [0.2, 0.25) is 0 Å². The van der Waals surface area contributed by atoms with Gasteiger partial charge in [0.1, 0.15) is 15.8 Å². The van der Waals surface area contributed by atoms with Gasteiger partial charge in [-0.05, 0) is 24.6 Å². The average molecular weight is 474 g/mol. The summed E-state index contributed by atoms with van der Waals surface area (Å²) in [4.78, 5) is 37.6. The largest absolute Gasteiger partial charge is 0.395 e. The van der Waals surface area contributed by atoms with E-state index < -0.39 is 0 Å². The molecule has 2 aliphatic rings. The number of unbranched alkanes of at least 4 members (excludes halogenated alkanes) is 1. The topological polar surface area (TPSA) is 81.4 Å². The standard InChI is InChI=1S/C22H27N5O3S2/c1-2-3-7-27-21(30)17(32-22(27)31)15-16-19(25-11-9-24(10-12-25)13-14-28)23-18-6-4-5-8-26(18)20(16)29/h4-6,8,15,28H,2-3,7,9-14H2,1H3. The van der Waals surface area contributed by atoms with Gasteiger partial charge in [-0.1, -0.05) is 43.4 Å². The number of pyridine rings is 1. The zero-order chi connectivity index (χ0) is 22.7. The lowest BCUT2D eigenvalue weighted by atomic mass is 10.2. The predicted molar refractivity (Wildman–Crippen MR) is 132 cm³/mol. The highest BCUT2D eigenvalue weighted by Gasteiger charge is 2.32. The summed E-state index contributed by atoms with van der Waals surface area (Å²) in [7, 11) is 0. The molecular weight excluding hydrogens is 446 g/mol. The molecule has 0 unspecified atom stereocenters. The summed E-state index contributed by atoms with van der Waals surface area (Å²) in [6.45, 7) is 6.34. The Morgan fingerprint density at radius 3 is 2.69 bits per heavy atom. The number of carbonyl (C=O) groups excluding carboxylic acids is 1. The van der Waals surface area contributed by atoms with Crippen molar-refractivity contribution >= 4 is 51.7 Å². The summed E-state index contributed by atoms with van der Waals surface area (Å²) in [6.07, 6.45) is 5.20. The third-order valence-corrected chi connectivity index (χ3v) is 7.10. The highest BCUT2D eigenvalue weighted by atomic mass is 32.2. The van der Waals surface area contributed by atoms with Gasteiger partial charge in [0, 0.05) is 45.5 Å². The number of hydrogen-bond acceptors (Lipinski definition) is 8. The molecule has 1 amide bonds. The molecule has 0 radical (unpaired) electrons. The Hall–Kier alpha value is -2.27. The van der Waals surface area contributed by atoms with Crippen LogP contribution in [0.15, 0.2) is 34.1 Å². The van der Waals surface area contributed by atoms with Gasteiger partial charge >= 0.3 is 0 Å². The molecule has 1 N–H and O–H groups in total. The van der Waals surface area contributed by atoms with Crippen LogP contribution in [0.3, 0.4) is 0 Å². The molecule has 8 nitrogen and oxygen atoms in total. The van der Waals surface area contributed by atoms with E-state index >= 15 is 0 Å². The molecule has 4 heterocycles. The van der Waals surface area contributed by atoms with Crippen LogP contribution >= 0.6 is 24.0 Å². The lowest BCUT2D eigenvalue weighted by Crippen LogP contribution is -2.48. The fourth-order valence-electron chi connectivity index (χ4n) is 3.92. The van der Waals surface area contributed by atoms with Gasteiger partial charge < -0.3 is 10.0 Å². The number of hydrogen-bond donors (Lipinski definition) is 1. The van der Waals surface area contributed by atoms with Gasteiger partial charge in [-0.3, -0.25) is 23.8 Å². The van der Waals surface area contributed by atoms with Crippen LogP contribution in [-0.2, 0) is 4.79 Å². The second-order valence-corrected chi connectivity index (χ2v) is 9.50. The van der Waals surface area contributed by atoms with Crippen molar-refractivity contribution in [2.75, 3.05) is 50.8 Å². The van der Waals surface area contributed by atoms with E-state index in [9.17, 15) is 14.7 Å². The van der Waals surface area contributed by atoms with Crippen molar-refractivity contribution in [3.63, 3.8) is 0 Å². The zero-order valence-corrected chi connectivity index (χ0v) is 19.7. The van der Waals surface area contributed by atoms with Gasteiger partial charge in [0.25, 0.3) is 11.5 Å². The second-order valence-electron chi connectivity index (χ2n) is 7.82. The number of aliphatic hydroxyl groups is 1. The molecule has 0 atom stereocenters. The first kappa shape index (κ1) is 22.9. The number of β-amino-alcohol motifs (C(OH)–C–C–N with tert-alkyl or cyclic N) is 1.